The van der Waals surface area contributed by atoms with Crippen LogP contribution in [0, 0.1) is 5.82 Å². The van der Waals surface area contributed by atoms with E-state index in [9.17, 15) is 18.7 Å². The first-order valence-electron chi connectivity index (χ1n) is 12.1. The van der Waals surface area contributed by atoms with Crippen LogP contribution in [0.1, 0.15) is 31.3 Å². The molecule has 1 amide bonds. The molecule has 0 aliphatic carbocycles. The van der Waals surface area contributed by atoms with Crippen molar-refractivity contribution in [2.24, 2.45) is 5.73 Å². The number of hydrogen-bond donors (Lipinski definition) is 2. The molecule has 0 saturated carbocycles. The van der Waals surface area contributed by atoms with Gasteiger partial charge in [0.25, 0.3) is 0 Å². The maximum atomic E-state index is 14.7. The molecular formula is C26H30F2N8O2. The molecule has 3 N–H and O–H groups in total. The van der Waals surface area contributed by atoms with Crippen LogP contribution >= 0.6 is 0 Å². The average Bonchev–Trinajstić information content (AvgIpc) is 3.53. The van der Waals surface area contributed by atoms with Gasteiger partial charge in [-0.15, -0.1) is 5.10 Å². The van der Waals surface area contributed by atoms with Crippen molar-refractivity contribution in [1.29, 1.82) is 0 Å². The van der Waals surface area contributed by atoms with Gasteiger partial charge in [-0.25, -0.2) is 18.4 Å². The Morgan fingerprint density at radius 2 is 1.95 bits per heavy atom. The van der Waals surface area contributed by atoms with Crippen LogP contribution in [0.25, 0.3) is 11.3 Å². The van der Waals surface area contributed by atoms with E-state index in [-0.39, 0.29) is 19.6 Å². The summed E-state index contributed by atoms with van der Waals surface area (Å²) in [6.45, 7) is 2.39. The number of hydrogen-bond acceptors (Lipinski definition) is 7. The number of nitrogens with zero attached hydrogens (tertiary/aromatic N) is 7. The zero-order valence-corrected chi connectivity index (χ0v) is 21.2. The number of benzene rings is 2. The van der Waals surface area contributed by atoms with Gasteiger partial charge in [0.15, 0.2) is 0 Å². The quantitative estimate of drug-likeness (QED) is 0.308. The zero-order valence-electron chi connectivity index (χ0n) is 21.2. The number of carbonyl (C=O) groups is 1. The van der Waals surface area contributed by atoms with Crippen LogP contribution in [0.3, 0.4) is 0 Å². The van der Waals surface area contributed by atoms with Gasteiger partial charge in [-0.1, -0.05) is 42.5 Å². The smallest absolute Gasteiger partial charge is 0.245 e. The van der Waals surface area contributed by atoms with Crippen LogP contribution < -0.4 is 5.73 Å². The Morgan fingerprint density at radius 3 is 2.58 bits per heavy atom. The lowest BCUT2D eigenvalue weighted by Gasteiger charge is -2.39. The summed E-state index contributed by atoms with van der Waals surface area (Å²) in [4.78, 5) is 19.5. The van der Waals surface area contributed by atoms with Crippen molar-refractivity contribution in [3.05, 3.63) is 84.3 Å². The number of halogens is 2. The fourth-order valence-electron chi connectivity index (χ4n) is 4.30. The average molecular weight is 525 g/mol. The van der Waals surface area contributed by atoms with Crippen LogP contribution in [0.4, 0.5) is 8.78 Å². The van der Waals surface area contributed by atoms with E-state index >= 15 is 0 Å². The van der Waals surface area contributed by atoms with Crippen molar-refractivity contribution in [2.75, 3.05) is 13.1 Å². The summed E-state index contributed by atoms with van der Waals surface area (Å²) >= 11 is 0. The second kappa shape index (κ2) is 11.6. The highest BCUT2D eigenvalue weighted by atomic mass is 19.1. The Balaban J connectivity index is 1.84. The van der Waals surface area contributed by atoms with E-state index in [1.165, 1.54) is 41.9 Å². The molecule has 2 aromatic carbocycles. The van der Waals surface area contributed by atoms with Gasteiger partial charge in [-0.3, -0.25) is 4.79 Å². The Bertz CT molecular complexity index is 1340. The van der Waals surface area contributed by atoms with Crippen molar-refractivity contribution in [1.82, 2.24) is 34.7 Å². The number of nitrogens with two attached hydrogens (primary N) is 1. The van der Waals surface area contributed by atoms with Gasteiger partial charge in [0.2, 0.25) is 5.91 Å². The molecule has 0 bridgehead atoms. The third-order valence-corrected chi connectivity index (χ3v) is 6.01. The predicted octanol–water partition coefficient (Wildman–Crippen LogP) is 2.36. The minimum absolute atomic E-state index is 0.285. The van der Waals surface area contributed by atoms with E-state index < -0.39 is 29.5 Å². The number of rotatable bonds is 11. The normalized spacial score (nSPS) is 13.3. The highest BCUT2D eigenvalue weighted by Gasteiger charge is 2.41. The molecule has 38 heavy (non-hydrogen) atoms. The Hall–Kier alpha value is -4.03. The molecule has 12 heteroatoms. The monoisotopic (exact) mass is 524 g/mol. The Kier molecular flexibility index (Phi) is 8.23. The van der Waals surface area contributed by atoms with Crippen LogP contribution in [0.5, 0.6) is 0 Å². The topological polar surface area (TPSA) is 128 Å². The number of alkyl halides is 1. The standard InChI is InChI=1S/C26H30F2N8O2/c1-26(2,38)24(36(14-21(28)12-29)23(37)16-35-17-30-32-33-35)25-31-22(19-9-6-10-20(27)11-19)15-34(25)13-18-7-4-3-5-8-18/h3-11,15,17,21,24,38H,12-14,16,29H2,1-2H3/t21-,24-/m0/s1. The summed E-state index contributed by atoms with van der Waals surface area (Å²) in [5.41, 5.74) is 5.89. The summed E-state index contributed by atoms with van der Waals surface area (Å²) in [6.07, 6.45) is 1.44. The third kappa shape index (κ3) is 6.45. The molecule has 0 aliphatic rings. The molecule has 0 aliphatic heterocycles. The van der Waals surface area contributed by atoms with Crippen molar-refractivity contribution in [3.63, 3.8) is 0 Å². The second-order valence-corrected chi connectivity index (χ2v) is 9.55. The van der Waals surface area contributed by atoms with Crippen LogP contribution in [-0.2, 0) is 17.9 Å². The molecule has 0 spiro atoms. The first-order chi connectivity index (χ1) is 18.2. The van der Waals surface area contributed by atoms with E-state index in [1.807, 2.05) is 30.3 Å². The number of imidazole rings is 1. The molecule has 0 unspecified atom stereocenters. The molecule has 0 saturated heterocycles. The first-order valence-corrected chi connectivity index (χ1v) is 12.1. The van der Waals surface area contributed by atoms with Crippen LogP contribution in [0.15, 0.2) is 67.1 Å². The van der Waals surface area contributed by atoms with Gasteiger partial charge in [0.05, 0.1) is 17.8 Å². The summed E-state index contributed by atoms with van der Waals surface area (Å²) in [7, 11) is 0. The number of tetrazole rings is 1. The third-order valence-electron chi connectivity index (χ3n) is 6.01. The first kappa shape index (κ1) is 27.0. The number of aliphatic hydroxyl groups is 1. The van der Waals surface area contributed by atoms with Gasteiger partial charge >= 0.3 is 0 Å². The lowest BCUT2D eigenvalue weighted by molar-refractivity contribution is -0.142. The fraction of sp³-hybridized carbons (Fsp3) is 0.346. The molecule has 200 valence electrons. The Morgan fingerprint density at radius 1 is 1.18 bits per heavy atom. The highest BCUT2D eigenvalue weighted by molar-refractivity contribution is 5.76. The predicted molar refractivity (Wildman–Crippen MR) is 136 cm³/mol. The van der Waals surface area contributed by atoms with E-state index in [4.69, 9.17) is 10.7 Å². The summed E-state index contributed by atoms with van der Waals surface area (Å²) < 4.78 is 31.8. The lowest BCUT2D eigenvalue weighted by atomic mass is 9.95. The van der Waals surface area contributed by atoms with Crippen molar-refractivity contribution < 1.29 is 18.7 Å². The van der Waals surface area contributed by atoms with Gasteiger partial charge in [0.1, 0.15) is 36.7 Å². The summed E-state index contributed by atoms with van der Waals surface area (Å²) in [5.74, 6) is -0.667. The molecular weight excluding hydrogens is 494 g/mol. The number of aromatic nitrogens is 6. The SMILES string of the molecule is CC(C)(O)[C@H](c1nc(-c2cccc(F)c2)cn1Cc1ccccc1)N(C[C@@H](F)CN)C(=O)Cn1cnnn1. The number of amides is 1. The van der Waals surface area contributed by atoms with Crippen LogP contribution in [-0.4, -0.2) is 70.5 Å². The number of carbonyl (C=O) groups excluding carboxylic acids is 1. The van der Waals surface area contributed by atoms with Gasteiger partial charge in [0, 0.05) is 24.8 Å². The lowest BCUT2D eigenvalue weighted by Crippen LogP contribution is -2.50. The van der Waals surface area contributed by atoms with E-state index in [0.29, 0.717) is 23.6 Å². The summed E-state index contributed by atoms with van der Waals surface area (Å²) in [5, 5.41) is 22.2. The van der Waals surface area contributed by atoms with Crippen molar-refractivity contribution in [3.8, 4) is 11.3 Å². The highest BCUT2D eigenvalue weighted by Crippen LogP contribution is 2.34. The molecule has 0 fully saturated rings. The van der Waals surface area contributed by atoms with E-state index in [0.717, 1.165) is 5.56 Å². The van der Waals surface area contributed by atoms with Crippen LogP contribution in [0.2, 0.25) is 0 Å². The van der Waals surface area contributed by atoms with Crippen molar-refractivity contribution in [2.45, 2.75) is 44.8 Å². The summed E-state index contributed by atoms with van der Waals surface area (Å²) in [6, 6.07) is 14.4. The molecule has 2 aromatic heterocycles. The molecule has 4 rings (SSSR count). The maximum absolute atomic E-state index is 14.7. The Labute approximate surface area is 218 Å². The minimum Gasteiger partial charge on any atom is -0.388 e. The second-order valence-electron chi connectivity index (χ2n) is 9.55. The van der Waals surface area contributed by atoms with E-state index in [1.54, 1.807) is 22.9 Å². The largest absolute Gasteiger partial charge is 0.388 e. The maximum Gasteiger partial charge on any atom is 0.245 e. The molecule has 10 nitrogen and oxygen atoms in total. The van der Waals surface area contributed by atoms with E-state index in [2.05, 4.69) is 15.5 Å². The van der Waals surface area contributed by atoms with Gasteiger partial charge in [-0.05, 0) is 42.0 Å². The van der Waals surface area contributed by atoms with Gasteiger partial charge < -0.3 is 20.3 Å². The molecule has 2 heterocycles. The van der Waals surface area contributed by atoms with Crippen molar-refractivity contribution >= 4 is 5.91 Å². The molecule has 0 radical (unpaired) electrons. The molecule has 2 atom stereocenters. The fourth-order valence-corrected chi connectivity index (χ4v) is 4.30. The van der Waals surface area contributed by atoms with Gasteiger partial charge in [-0.2, -0.15) is 0 Å². The zero-order chi connectivity index (χ0) is 27.3. The minimum atomic E-state index is -1.57. The molecule has 4 aromatic rings.